The molecular formula is C16H23N3O. The van der Waals surface area contributed by atoms with Crippen molar-refractivity contribution in [2.24, 2.45) is 5.73 Å². The van der Waals surface area contributed by atoms with Crippen LogP contribution in [0.4, 0.5) is 0 Å². The lowest BCUT2D eigenvalue weighted by Gasteiger charge is -2.14. The highest BCUT2D eigenvalue weighted by atomic mass is 16.5. The van der Waals surface area contributed by atoms with Gasteiger partial charge in [0, 0.05) is 5.41 Å². The molecule has 0 bridgehead atoms. The van der Waals surface area contributed by atoms with Gasteiger partial charge in [-0.1, -0.05) is 38.1 Å². The lowest BCUT2D eigenvalue weighted by Crippen LogP contribution is -2.17. The Balaban J connectivity index is 2.39. The molecule has 1 unspecified atom stereocenters. The van der Waals surface area contributed by atoms with Gasteiger partial charge < -0.3 is 10.3 Å². The van der Waals surface area contributed by atoms with Gasteiger partial charge in [0.25, 0.3) is 0 Å². The van der Waals surface area contributed by atoms with E-state index in [1.54, 1.807) is 0 Å². The molecule has 0 saturated carbocycles. The van der Waals surface area contributed by atoms with Crippen LogP contribution >= 0.6 is 0 Å². The van der Waals surface area contributed by atoms with E-state index in [1.807, 2.05) is 20.8 Å². The summed E-state index contributed by atoms with van der Waals surface area (Å²) in [7, 11) is 0. The number of hydrogen-bond donors (Lipinski definition) is 1. The van der Waals surface area contributed by atoms with Gasteiger partial charge in [-0.25, -0.2) is 0 Å². The third-order valence-corrected chi connectivity index (χ3v) is 3.58. The molecule has 0 spiro atoms. The minimum absolute atomic E-state index is 0.163. The summed E-state index contributed by atoms with van der Waals surface area (Å²) in [5.74, 6) is 1.16. The summed E-state index contributed by atoms with van der Waals surface area (Å²) in [5.41, 5.74) is 10.8. The molecule has 1 aromatic carbocycles. The van der Waals surface area contributed by atoms with E-state index in [0.717, 1.165) is 11.1 Å². The number of nitrogens with zero attached hydrogens (tertiary/aromatic N) is 2. The molecule has 0 aliphatic rings. The predicted octanol–water partition coefficient (Wildman–Crippen LogP) is 3.34. The van der Waals surface area contributed by atoms with Crippen molar-refractivity contribution in [2.45, 2.75) is 53.0 Å². The van der Waals surface area contributed by atoms with Crippen LogP contribution in [0.1, 0.15) is 60.8 Å². The third kappa shape index (κ3) is 2.75. The first-order valence-electron chi connectivity index (χ1n) is 6.87. The molecule has 20 heavy (non-hydrogen) atoms. The Morgan fingerprint density at radius 2 is 1.65 bits per heavy atom. The van der Waals surface area contributed by atoms with Crippen molar-refractivity contribution < 1.29 is 4.52 Å². The average Bonchev–Trinajstić information content (AvgIpc) is 2.82. The molecular weight excluding hydrogens is 250 g/mol. The SMILES string of the molecule is Cc1cc(C)c(C(N)c2noc(C(C)(C)C)n2)cc1C. The maximum Gasteiger partial charge on any atom is 0.232 e. The molecule has 1 aromatic heterocycles. The molecule has 1 heterocycles. The fraction of sp³-hybridized carbons (Fsp3) is 0.500. The summed E-state index contributed by atoms with van der Waals surface area (Å²) in [6.45, 7) is 12.4. The molecule has 0 aliphatic carbocycles. The van der Waals surface area contributed by atoms with Crippen molar-refractivity contribution in [1.29, 1.82) is 0 Å². The van der Waals surface area contributed by atoms with Crippen molar-refractivity contribution in [3.63, 3.8) is 0 Å². The van der Waals surface area contributed by atoms with E-state index < -0.39 is 0 Å². The average molecular weight is 273 g/mol. The Kier molecular flexibility index (Phi) is 3.69. The van der Waals surface area contributed by atoms with Crippen LogP contribution in [0.5, 0.6) is 0 Å². The van der Waals surface area contributed by atoms with Crippen LogP contribution in [0.3, 0.4) is 0 Å². The fourth-order valence-corrected chi connectivity index (χ4v) is 2.12. The van der Waals surface area contributed by atoms with E-state index in [-0.39, 0.29) is 11.5 Å². The molecule has 4 nitrogen and oxygen atoms in total. The largest absolute Gasteiger partial charge is 0.339 e. The highest BCUT2D eigenvalue weighted by Crippen LogP contribution is 2.26. The minimum atomic E-state index is -0.353. The molecule has 0 fully saturated rings. The second kappa shape index (κ2) is 5.02. The van der Waals surface area contributed by atoms with Crippen LogP contribution in [0.15, 0.2) is 16.7 Å². The van der Waals surface area contributed by atoms with Gasteiger partial charge in [-0.15, -0.1) is 0 Å². The second-order valence-electron chi connectivity index (χ2n) is 6.48. The van der Waals surface area contributed by atoms with Gasteiger partial charge >= 0.3 is 0 Å². The summed E-state index contributed by atoms with van der Waals surface area (Å²) < 4.78 is 5.32. The topological polar surface area (TPSA) is 64.9 Å². The molecule has 4 heteroatoms. The van der Waals surface area contributed by atoms with Crippen molar-refractivity contribution in [2.75, 3.05) is 0 Å². The molecule has 0 aliphatic heterocycles. The Morgan fingerprint density at radius 3 is 2.20 bits per heavy atom. The lowest BCUT2D eigenvalue weighted by molar-refractivity contribution is 0.317. The zero-order chi connectivity index (χ0) is 15.1. The maximum absolute atomic E-state index is 6.31. The quantitative estimate of drug-likeness (QED) is 0.911. The van der Waals surface area contributed by atoms with Gasteiger partial charge in [-0.05, 0) is 43.0 Å². The van der Waals surface area contributed by atoms with Crippen molar-refractivity contribution in [1.82, 2.24) is 10.1 Å². The maximum atomic E-state index is 6.31. The highest BCUT2D eigenvalue weighted by Gasteiger charge is 2.25. The Morgan fingerprint density at radius 1 is 1.05 bits per heavy atom. The Hall–Kier alpha value is -1.68. The summed E-state index contributed by atoms with van der Waals surface area (Å²) in [6, 6.07) is 3.91. The van der Waals surface area contributed by atoms with Crippen LogP contribution in [0, 0.1) is 20.8 Å². The van der Waals surface area contributed by atoms with Crippen molar-refractivity contribution >= 4 is 0 Å². The fourth-order valence-electron chi connectivity index (χ4n) is 2.12. The molecule has 0 radical (unpaired) electrons. The Labute approximate surface area is 120 Å². The smallest absolute Gasteiger partial charge is 0.232 e. The minimum Gasteiger partial charge on any atom is -0.339 e. The van der Waals surface area contributed by atoms with Crippen LogP contribution < -0.4 is 5.73 Å². The van der Waals surface area contributed by atoms with Crippen LogP contribution in [-0.2, 0) is 5.41 Å². The summed E-state index contributed by atoms with van der Waals surface area (Å²) >= 11 is 0. The van der Waals surface area contributed by atoms with E-state index >= 15 is 0 Å². The van der Waals surface area contributed by atoms with Crippen LogP contribution in [0.25, 0.3) is 0 Å². The normalized spacial score (nSPS) is 13.6. The van der Waals surface area contributed by atoms with E-state index in [1.165, 1.54) is 11.1 Å². The first-order valence-corrected chi connectivity index (χ1v) is 6.87. The molecule has 1 atom stereocenters. The number of rotatable bonds is 2. The molecule has 2 N–H and O–H groups in total. The number of hydrogen-bond acceptors (Lipinski definition) is 4. The Bertz CT molecular complexity index is 623. The molecule has 0 saturated heterocycles. The number of aromatic nitrogens is 2. The van der Waals surface area contributed by atoms with Gasteiger partial charge in [0.1, 0.15) is 0 Å². The molecule has 108 valence electrons. The van der Waals surface area contributed by atoms with E-state index in [9.17, 15) is 0 Å². The monoisotopic (exact) mass is 273 g/mol. The molecule has 0 amide bonds. The van der Waals surface area contributed by atoms with E-state index in [4.69, 9.17) is 10.3 Å². The standard InChI is InChI=1S/C16H23N3O/c1-9-7-11(3)12(8-10(9)2)13(17)14-18-15(20-19-14)16(4,5)6/h7-8,13H,17H2,1-6H3. The van der Waals surface area contributed by atoms with Crippen LogP contribution in [0.2, 0.25) is 0 Å². The summed E-state index contributed by atoms with van der Waals surface area (Å²) in [6.07, 6.45) is 0. The third-order valence-electron chi connectivity index (χ3n) is 3.58. The van der Waals surface area contributed by atoms with Gasteiger partial charge in [0.15, 0.2) is 5.82 Å². The number of aryl methyl sites for hydroxylation is 3. The number of nitrogens with two attached hydrogens (primary N) is 1. The second-order valence-corrected chi connectivity index (χ2v) is 6.48. The van der Waals surface area contributed by atoms with Gasteiger partial charge in [-0.2, -0.15) is 4.98 Å². The van der Waals surface area contributed by atoms with Crippen LogP contribution in [-0.4, -0.2) is 10.1 Å². The first-order chi connectivity index (χ1) is 9.20. The van der Waals surface area contributed by atoms with E-state index in [2.05, 4.69) is 43.0 Å². The van der Waals surface area contributed by atoms with Gasteiger partial charge in [0.05, 0.1) is 6.04 Å². The first kappa shape index (κ1) is 14.7. The molecule has 2 aromatic rings. The van der Waals surface area contributed by atoms with Gasteiger partial charge in [0.2, 0.25) is 5.89 Å². The van der Waals surface area contributed by atoms with Crippen molar-refractivity contribution in [3.05, 3.63) is 46.1 Å². The predicted molar refractivity (Wildman–Crippen MR) is 79.7 cm³/mol. The highest BCUT2D eigenvalue weighted by molar-refractivity contribution is 5.40. The summed E-state index contributed by atoms with van der Waals surface area (Å²) in [5, 5.41) is 4.04. The molecule has 2 rings (SSSR count). The zero-order valence-electron chi connectivity index (χ0n) is 13.1. The zero-order valence-corrected chi connectivity index (χ0v) is 13.1. The van der Waals surface area contributed by atoms with Crippen molar-refractivity contribution in [3.8, 4) is 0 Å². The lowest BCUT2D eigenvalue weighted by atomic mass is 9.95. The summed E-state index contributed by atoms with van der Waals surface area (Å²) in [4.78, 5) is 4.45. The number of benzene rings is 1. The van der Waals surface area contributed by atoms with E-state index in [0.29, 0.717) is 11.7 Å². The van der Waals surface area contributed by atoms with Gasteiger partial charge in [-0.3, -0.25) is 0 Å².